The summed E-state index contributed by atoms with van der Waals surface area (Å²) in [7, 11) is 0. The monoisotopic (exact) mass is 415 g/mol. The zero-order valence-electron chi connectivity index (χ0n) is 16.4. The van der Waals surface area contributed by atoms with E-state index in [2.05, 4.69) is 5.32 Å². The van der Waals surface area contributed by atoms with Crippen molar-refractivity contribution < 1.29 is 38.1 Å². The number of hydrogen-bond acceptors (Lipinski definition) is 8. The van der Waals surface area contributed by atoms with E-state index in [-0.39, 0.29) is 25.3 Å². The summed E-state index contributed by atoms with van der Waals surface area (Å²) in [4.78, 5) is 45.8. The van der Waals surface area contributed by atoms with Gasteiger partial charge in [0.15, 0.2) is 0 Å². The molecule has 0 radical (unpaired) electrons. The highest BCUT2D eigenvalue weighted by Crippen LogP contribution is 2.03. The van der Waals surface area contributed by atoms with Gasteiger partial charge >= 0.3 is 0 Å². The first-order valence-corrected chi connectivity index (χ1v) is 9.40. The van der Waals surface area contributed by atoms with Gasteiger partial charge < -0.3 is 30.0 Å². The summed E-state index contributed by atoms with van der Waals surface area (Å²) in [5.41, 5.74) is 4.98. The number of amides is 4. The second kappa shape index (κ2) is 15.6. The molecule has 0 aromatic heterocycles. The van der Waals surface area contributed by atoms with Crippen LogP contribution in [0.2, 0.25) is 0 Å². The lowest BCUT2D eigenvalue weighted by Crippen LogP contribution is -2.35. The van der Waals surface area contributed by atoms with Gasteiger partial charge in [0.05, 0.1) is 52.9 Å². The average molecular weight is 415 g/mol. The molecule has 0 spiro atoms. The van der Waals surface area contributed by atoms with E-state index >= 15 is 0 Å². The number of carbonyl (C=O) groups excluding carboxylic acids is 4. The van der Waals surface area contributed by atoms with Crippen molar-refractivity contribution in [2.24, 2.45) is 5.73 Å². The molecule has 11 heteroatoms. The van der Waals surface area contributed by atoms with Crippen molar-refractivity contribution in [2.45, 2.75) is 12.8 Å². The molecule has 1 aliphatic rings. The molecule has 0 saturated carbocycles. The van der Waals surface area contributed by atoms with Crippen LogP contribution in [0.3, 0.4) is 0 Å². The highest BCUT2D eigenvalue weighted by molar-refractivity contribution is 6.13. The average Bonchev–Trinajstić information content (AvgIpc) is 3.00. The molecule has 1 aliphatic heterocycles. The zero-order chi connectivity index (χ0) is 21.3. The lowest BCUT2D eigenvalue weighted by atomic mass is 10.3. The van der Waals surface area contributed by atoms with Crippen LogP contribution in [0, 0.1) is 0 Å². The first-order valence-electron chi connectivity index (χ1n) is 9.40. The predicted octanol–water partition coefficient (Wildman–Crippen LogP) is -1.64. The van der Waals surface area contributed by atoms with Gasteiger partial charge in [-0.3, -0.25) is 24.1 Å². The molecule has 1 rings (SSSR count). The Kier molecular flexibility index (Phi) is 13.3. The highest BCUT2D eigenvalue weighted by Gasteiger charge is 2.23. The fourth-order valence-corrected chi connectivity index (χ4v) is 2.15. The Morgan fingerprint density at radius 3 is 1.79 bits per heavy atom. The summed E-state index contributed by atoms with van der Waals surface area (Å²) in [6.45, 7) is 3.45. The van der Waals surface area contributed by atoms with Crippen LogP contribution in [-0.2, 0) is 38.1 Å². The topological polar surface area (TPSA) is 146 Å². The number of nitrogens with zero attached hydrogens (tertiary/aromatic N) is 1. The molecule has 0 unspecified atom stereocenters. The zero-order valence-corrected chi connectivity index (χ0v) is 16.4. The van der Waals surface area contributed by atoms with Gasteiger partial charge in [-0.15, -0.1) is 0 Å². The summed E-state index contributed by atoms with van der Waals surface area (Å²) in [5, 5.41) is 2.65. The SMILES string of the molecule is NC(=O)CCOCCOCCOCCOCCNC(=O)CCN1C(=O)C=CC1=O. The molecule has 29 heavy (non-hydrogen) atoms. The molecule has 0 aliphatic carbocycles. The van der Waals surface area contributed by atoms with Crippen molar-refractivity contribution in [1.82, 2.24) is 10.2 Å². The van der Waals surface area contributed by atoms with Gasteiger partial charge in [-0.1, -0.05) is 0 Å². The number of carbonyl (C=O) groups is 4. The van der Waals surface area contributed by atoms with E-state index in [0.717, 1.165) is 4.90 Å². The van der Waals surface area contributed by atoms with Crippen molar-refractivity contribution in [3.05, 3.63) is 12.2 Å². The lowest BCUT2D eigenvalue weighted by Gasteiger charge is -2.13. The lowest BCUT2D eigenvalue weighted by molar-refractivity contribution is -0.137. The van der Waals surface area contributed by atoms with Crippen LogP contribution in [0.1, 0.15) is 12.8 Å². The van der Waals surface area contributed by atoms with Crippen LogP contribution in [0.25, 0.3) is 0 Å². The quantitative estimate of drug-likeness (QED) is 0.200. The molecule has 0 bridgehead atoms. The fourth-order valence-electron chi connectivity index (χ4n) is 2.15. The number of ether oxygens (including phenoxy) is 4. The Bertz CT molecular complexity index is 549. The molecule has 4 amide bonds. The molecular formula is C18H29N3O8. The third-order valence-electron chi connectivity index (χ3n) is 3.64. The summed E-state index contributed by atoms with van der Waals surface area (Å²) in [6, 6.07) is 0. The second-order valence-corrected chi connectivity index (χ2v) is 5.93. The van der Waals surface area contributed by atoms with Gasteiger partial charge in [0.2, 0.25) is 11.8 Å². The van der Waals surface area contributed by atoms with Gasteiger partial charge in [0.25, 0.3) is 11.8 Å². The molecule has 1 heterocycles. The largest absolute Gasteiger partial charge is 0.379 e. The van der Waals surface area contributed by atoms with Gasteiger partial charge in [0, 0.05) is 38.1 Å². The molecule has 3 N–H and O–H groups in total. The smallest absolute Gasteiger partial charge is 0.253 e. The Morgan fingerprint density at radius 2 is 1.28 bits per heavy atom. The van der Waals surface area contributed by atoms with E-state index in [1.54, 1.807) is 0 Å². The number of rotatable bonds is 18. The minimum atomic E-state index is -0.398. The van der Waals surface area contributed by atoms with Gasteiger partial charge in [-0.05, 0) is 0 Å². The molecule has 11 nitrogen and oxygen atoms in total. The summed E-state index contributed by atoms with van der Waals surface area (Å²) in [6.07, 6.45) is 2.63. The van der Waals surface area contributed by atoms with E-state index in [1.165, 1.54) is 12.2 Å². The number of primary amides is 1. The highest BCUT2D eigenvalue weighted by atomic mass is 16.6. The van der Waals surface area contributed by atoms with Gasteiger partial charge in [-0.25, -0.2) is 0 Å². The van der Waals surface area contributed by atoms with E-state index < -0.39 is 17.7 Å². The van der Waals surface area contributed by atoms with Crippen molar-refractivity contribution in [2.75, 3.05) is 65.9 Å². The standard InChI is InChI=1S/C18H29N3O8/c19-15(22)4-7-26-9-11-28-13-14-29-12-10-27-8-5-20-16(23)3-6-21-17(24)1-2-18(21)25/h1-2H,3-14H2,(H2,19,22)(H,20,23). The summed E-state index contributed by atoms with van der Waals surface area (Å²) >= 11 is 0. The third kappa shape index (κ3) is 12.7. The molecule has 0 fully saturated rings. The minimum Gasteiger partial charge on any atom is -0.379 e. The van der Waals surface area contributed by atoms with E-state index in [1.807, 2.05) is 0 Å². The Labute approximate surface area is 169 Å². The minimum absolute atomic E-state index is 0.0540. The Hall–Kier alpha value is -2.34. The predicted molar refractivity (Wildman–Crippen MR) is 101 cm³/mol. The number of imide groups is 1. The van der Waals surface area contributed by atoms with Crippen molar-refractivity contribution >= 4 is 23.6 Å². The van der Waals surface area contributed by atoms with Crippen molar-refractivity contribution in [3.8, 4) is 0 Å². The first-order chi connectivity index (χ1) is 14.0. The van der Waals surface area contributed by atoms with Crippen LogP contribution >= 0.6 is 0 Å². The van der Waals surface area contributed by atoms with Crippen LogP contribution < -0.4 is 11.1 Å². The molecule has 0 aromatic rings. The van der Waals surface area contributed by atoms with E-state index in [0.29, 0.717) is 59.4 Å². The van der Waals surface area contributed by atoms with E-state index in [4.69, 9.17) is 24.7 Å². The number of nitrogens with two attached hydrogens (primary N) is 1. The maximum absolute atomic E-state index is 11.7. The molecular weight excluding hydrogens is 386 g/mol. The molecule has 0 atom stereocenters. The van der Waals surface area contributed by atoms with Crippen LogP contribution in [0.15, 0.2) is 12.2 Å². The Morgan fingerprint density at radius 1 is 0.793 bits per heavy atom. The fraction of sp³-hybridized carbons (Fsp3) is 0.667. The maximum atomic E-state index is 11.7. The molecule has 0 aromatic carbocycles. The number of hydrogen-bond donors (Lipinski definition) is 2. The van der Waals surface area contributed by atoms with Crippen molar-refractivity contribution in [3.63, 3.8) is 0 Å². The van der Waals surface area contributed by atoms with Crippen molar-refractivity contribution in [1.29, 1.82) is 0 Å². The van der Waals surface area contributed by atoms with Crippen LogP contribution in [0.4, 0.5) is 0 Å². The van der Waals surface area contributed by atoms with E-state index in [9.17, 15) is 19.2 Å². The van der Waals surface area contributed by atoms with Gasteiger partial charge in [-0.2, -0.15) is 0 Å². The summed E-state index contributed by atoms with van der Waals surface area (Å²) in [5.74, 6) is -1.45. The first kappa shape index (κ1) is 24.7. The van der Waals surface area contributed by atoms with Crippen LogP contribution in [-0.4, -0.2) is 94.5 Å². The van der Waals surface area contributed by atoms with Gasteiger partial charge in [0.1, 0.15) is 0 Å². The second-order valence-electron chi connectivity index (χ2n) is 5.93. The Balaban J connectivity index is 1.79. The molecule has 164 valence electrons. The van der Waals surface area contributed by atoms with Crippen LogP contribution in [0.5, 0.6) is 0 Å². The summed E-state index contributed by atoms with van der Waals surface area (Å²) < 4.78 is 21.1. The number of nitrogens with one attached hydrogen (secondary N) is 1. The maximum Gasteiger partial charge on any atom is 0.253 e. The normalized spacial score (nSPS) is 13.3. The third-order valence-corrected chi connectivity index (χ3v) is 3.64. The molecule has 0 saturated heterocycles.